The zero-order chi connectivity index (χ0) is 18.2. The van der Waals surface area contributed by atoms with E-state index in [-0.39, 0.29) is 5.92 Å². The lowest BCUT2D eigenvalue weighted by Gasteiger charge is -2.35. The van der Waals surface area contributed by atoms with Crippen LogP contribution in [0.2, 0.25) is 0 Å². The molecular weight excluding hydrogens is 305 g/mol. The number of aliphatic carboxylic acids is 1. The number of hydrogen-bond acceptors (Lipinski definition) is 4. The van der Waals surface area contributed by atoms with E-state index in [9.17, 15) is 14.0 Å². The van der Waals surface area contributed by atoms with E-state index in [2.05, 4.69) is 0 Å². The van der Waals surface area contributed by atoms with Gasteiger partial charge in [0, 0.05) is 0 Å². The van der Waals surface area contributed by atoms with Crippen LogP contribution in [0, 0.1) is 5.92 Å². The summed E-state index contributed by atoms with van der Waals surface area (Å²) in [5.41, 5.74) is -1.86. The Morgan fingerprint density at radius 1 is 1.35 bits per heavy atom. The zero-order valence-electron chi connectivity index (χ0n) is 14.9. The molecule has 3 atom stereocenters. The molecule has 0 spiro atoms. The van der Waals surface area contributed by atoms with E-state index in [4.69, 9.17) is 14.6 Å². The molecule has 0 unspecified atom stereocenters. The molecule has 0 aromatic heterocycles. The Labute approximate surface area is 136 Å². The fourth-order valence-electron chi connectivity index (χ4n) is 2.80. The molecule has 6 nitrogen and oxygen atoms in total. The van der Waals surface area contributed by atoms with E-state index in [1.165, 1.54) is 4.90 Å². The number of halogens is 1. The Hall–Kier alpha value is -1.37. The maximum Gasteiger partial charge on any atom is 0.412 e. The summed E-state index contributed by atoms with van der Waals surface area (Å²) in [6.45, 7) is 12.3. The Balaban J connectivity index is 3.17. The van der Waals surface area contributed by atoms with Crippen molar-refractivity contribution < 1.29 is 28.6 Å². The number of hydrogen-bond donors (Lipinski definition) is 1. The Morgan fingerprint density at radius 2 is 1.87 bits per heavy atom. The van der Waals surface area contributed by atoms with Crippen LogP contribution in [0.1, 0.15) is 54.9 Å². The van der Waals surface area contributed by atoms with Crippen molar-refractivity contribution in [3.05, 3.63) is 0 Å². The van der Waals surface area contributed by atoms with Crippen molar-refractivity contribution >= 4 is 12.1 Å². The SMILES string of the molecule is CC(C)C[C@H]1[C@H]([C@@H](F)C(=O)O)OC(C)(C)N1C(=O)OC(C)(C)C. The van der Waals surface area contributed by atoms with E-state index < -0.39 is 41.7 Å². The zero-order valence-corrected chi connectivity index (χ0v) is 14.9. The van der Waals surface area contributed by atoms with Gasteiger partial charge < -0.3 is 14.6 Å². The van der Waals surface area contributed by atoms with Crippen molar-refractivity contribution in [2.24, 2.45) is 5.92 Å². The molecular formula is C16H28FNO5. The van der Waals surface area contributed by atoms with Crippen LogP contribution in [0.4, 0.5) is 9.18 Å². The van der Waals surface area contributed by atoms with Crippen molar-refractivity contribution in [3.63, 3.8) is 0 Å². The number of amides is 1. The van der Waals surface area contributed by atoms with Crippen molar-refractivity contribution in [1.82, 2.24) is 4.90 Å². The number of alkyl halides is 1. The maximum atomic E-state index is 14.1. The molecule has 1 amide bonds. The first-order valence-electron chi connectivity index (χ1n) is 7.83. The molecule has 1 N–H and O–H groups in total. The van der Waals surface area contributed by atoms with Gasteiger partial charge in [0.2, 0.25) is 6.17 Å². The van der Waals surface area contributed by atoms with Gasteiger partial charge in [-0.2, -0.15) is 0 Å². The summed E-state index contributed by atoms with van der Waals surface area (Å²) in [6.07, 6.45) is -3.64. The first-order chi connectivity index (χ1) is 10.3. The van der Waals surface area contributed by atoms with Gasteiger partial charge in [0.1, 0.15) is 17.4 Å². The van der Waals surface area contributed by atoms with E-state index in [1.807, 2.05) is 13.8 Å². The third-order valence-corrected chi connectivity index (χ3v) is 3.54. The summed E-state index contributed by atoms with van der Waals surface area (Å²) >= 11 is 0. The van der Waals surface area contributed by atoms with Gasteiger partial charge in [0.25, 0.3) is 0 Å². The normalized spacial score (nSPS) is 25.5. The molecule has 1 rings (SSSR count). The summed E-state index contributed by atoms with van der Waals surface area (Å²) in [5, 5.41) is 8.99. The van der Waals surface area contributed by atoms with E-state index in [0.29, 0.717) is 6.42 Å². The minimum atomic E-state index is -2.20. The average molecular weight is 333 g/mol. The average Bonchev–Trinajstić information content (AvgIpc) is 2.56. The lowest BCUT2D eigenvalue weighted by Crippen LogP contribution is -2.51. The Morgan fingerprint density at radius 3 is 2.26 bits per heavy atom. The first-order valence-corrected chi connectivity index (χ1v) is 7.83. The lowest BCUT2D eigenvalue weighted by molar-refractivity contribution is -0.152. The van der Waals surface area contributed by atoms with Crippen LogP contribution in [-0.2, 0) is 14.3 Å². The third kappa shape index (κ3) is 4.80. The summed E-state index contributed by atoms with van der Waals surface area (Å²) < 4.78 is 25.1. The fourth-order valence-corrected chi connectivity index (χ4v) is 2.80. The Kier molecular flexibility index (Phi) is 5.67. The second kappa shape index (κ2) is 6.63. The second-order valence-electron chi connectivity index (χ2n) is 7.82. The number of carbonyl (C=O) groups is 2. The minimum absolute atomic E-state index is 0.130. The molecule has 1 saturated heterocycles. The number of carboxylic acids is 1. The number of rotatable bonds is 4. The van der Waals surface area contributed by atoms with Crippen LogP contribution in [0.3, 0.4) is 0 Å². The van der Waals surface area contributed by atoms with Gasteiger partial charge in [0.15, 0.2) is 0 Å². The standard InChI is InChI=1S/C16H28FNO5/c1-9(2)8-10-12(11(17)13(19)20)22-16(6,7)18(10)14(21)23-15(3,4)5/h9-12H,8H2,1-7H3,(H,19,20)/t10-,11+,12+/m0/s1. The van der Waals surface area contributed by atoms with Crippen molar-refractivity contribution in [2.75, 3.05) is 0 Å². The molecule has 0 saturated carbocycles. The molecule has 0 bridgehead atoms. The second-order valence-corrected chi connectivity index (χ2v) is 7.82. The molecule has 1 heterocycles. The maximum absolute atomic E-state index is 14.1. The molecule has 7 heteroatoms. The van der Waals surface area contributed by atoms with E-state index >= 15 is 0 Å². The molecule has 23 heavy (non-hydrogen) atoms. The van der Waals surface area contributed by atoms with Crippen molar-refractivity contribution in [2.45, 2.75) is 84.5 Å². The molecule has 0 aromatic carbocycles. The van der Waals surface area contributed by atoms with Crippen LogP contribution >= 0.6 is 0 Å². The van der Waals surface area contributed by atoms with Crippen LogP contribution in [0.25, 0.3) is 0 Å². The third-order valence-electron chi connectivity index (χ3n) is 3.54. The van der Waals surface area contributed by atoms with Crippen LogP contribution < -0.4 is 0 Å². The van der Waals surface area contributed by atoms with E-state index in [1.54, 1.807) is 34.6 Å². The topological polar surface area (TPSA) is 76.1 Å². The predicted molar refractivity (Wildman–Crippen MR) is 82.8 cm³/mol. The minimum Gasteiger partial charge on any atom is -0.479 e. The monoisotopic (exact) mass is 333 g/mol. The van der Waals surface area contributed by atoms with Gasteiger partial charge in [-0.1, -0.05) is 13.8 Å². The summed E-state index contributed by atoms with van der Waals surface area (Å²) in [7, 11) is 0. The van der Waals surface area contributed by atoms with Gasteiger partial charge in [-0.05, 0) is 47.0 Å². The van der Waals surface area contributed by atoms with Gasteiger partial charge >= 0.3 is 12.1 Å². The Bertz CT molecular complexity index is 458. The number of carbonyl (C=O) groups excluding carboxylic acids is 1. The molecule has 0 radical (unpaired) electrons. The van der Waals surface area contributed by atoms with Gasteiger partial charge in [-0.3, -0.25) is 4.90 Å². The molecule has 1 fully saturated rings. The van der Waals surface area contributed by atoms with Crippen molar-refractivity contribution in [1.29, 1.82) is 0 Å². The summed E-state index contributed by atoms with van der Waals surface area (Å²) in [6, 6.07) is -0.703. The number of carboxylic acid groups (broad SMARTS) is 1. The molecule has 0 aromatic rings. The highest BCUT2D eigenvalue weighted by molar-refractivity contribution is 5.74. The highest BCUT2D eigenvalue weighted by Gasteiger charge is 2.55. The van der Waals surface area contributed by atoms with Crippen molar-refractivity contribution in [3.8, 4) is 0 Å². The smallest absolute Gasteiger partial charge is 0.412 e. The van der Waals surface area contributed by atoms with Gasteiger partial charge in [-0.25, -0.2) is 14.0 Å². The highest BCUT2D eigenvalue weighted by Crippen LogP contribution is 2.38. The summed E-state index contributed by atoms with van der Waals surface area (Å²) in [5.74, 6) is -1.46. The van der Waals surface area contributed by atoms with Crippen LogP contribution in [-0.4, -0.2) is 51.7 Å². The summed E-state index contributed by atoms with van der Waals surface area (Å²) in [4.78, 5) is 24.9. The highest BCUT2D eigenvalue weighted by atomic mass is 19.1. The molecule has 134 valence electrons. The van der Waals surface area contributed by atoms with Gasteiger partial charge in [-0.15, -0.1) is 0 Å². The van der Waals surface area contributed by atoms with Gasteiger partial charge in [0.05, 0.1) is 6.04 Å². The fraction of sp³-hybridized carbons (Fsp3) is 0.875. The van der Waals surface area contributed by atoms with Crippen LogP contribution in [0.15, 0.2) is 0 Å². The number of ether oxygens (including phenoxy) is 2. The quantitative estimate of drug-likeness (QED) is 0.855. The largest absolute Gasteiger partial charge is 0.479 e. The molecule has 1 aliphatic rings. The molecule has 0 aliphatic carbocycles. The lowest BCUT2D eigenvalue weighted by atomic mass is 9.96. The first kappa shape index (κ1) is 19.7. The number of nitrogens with zero attached hydrogens (tertiary/aromatic N) is 1. The van der Waals surface area contributed by atoms with Crippen LogP contribution in [0.5, 0.6) is 0 Å². The predicted octanol–water partition coefficient (Wildman–Crippen LogP) is 3.20. The van der Waals surface area contributed by atoms with E-state index in [0.717, 1.165) is 0 Å². The molecule has 1 aliphatic heterocycles.